The Balaban J connectivity index is 1.96. The first-order valence-electron chi connectivity index (χ1n) is 5.62. The van der Waals surface area contributed by atoms with Gasteiger partial charge >= 0.3 is 0 Å². The summed E-state index contributed by atoms with van der Waals surface area (Å²) in [6.07, 6.45) is 2.86. The van der Waals surface area contributed by atoms with Crippen molar-refractivity contribution >= 4 is 5.69 Å². The Labute approximate surface area is 106 Å². The molecule has 1 N–H and O–H groups in total. The van der Waals surface area contributed by atoms with Gasteiger partial charge in [0.1, 0.15) is 0 Å². The van der Waals surface area contributed by atoms with Crippen molar-refractivity contribution in [2.75, 3.05) is 26.1 Å². The van der Waals surface area contributed by atoms with Crippen molar-refractivity contribution in [3.8, 4) is 11.3 Å². The highest BCUT2D eigenvalue weighted by Gasteiger charge is 2.05. The van der Waals surface area contributed by atoms with Crippen molar-refractivity contribution in [2.45, 2.75) is 6.29 Å². The molecule has 0 saturated carbocycles. The minimum absolute atomic E-state index is 0.251. The van der Waals surface area contributed by atoms with Crippen LogP contribution in [0.2, 0.25) is 0 Å². The second-order valence-corrected chi connectivity index (χ2v) is 3.72. The van der Waals surface area contributed by atoms with E-state index in [-0.39, 0.29) is 6.29 Å². The monoisotopic (exact) mass is 248 g/mol. The zero-order chi connectivity index (χ0) is 12.8. The quantitative estimate of drug-likeness (QED) is 0.795. The highest BCUT2D eigenvalue weighted by atomic mass is 16.7. The number of hydrogen-bond acceptors (Lipinski definition) is 5. The van der Waals surface area contributed by atoms with Crippen molar-refractivity contribution in [1.29, 1.82) is 0 Å². The minimum atomic E-state index is -0.251. The van der Waals surface area contributed by atoms with Crippen LogP contribution in [-0.2, 0) is 9.47 Å². The summed E-state index contributed by atoms with van der Waals surface area (Å²) in [5.41, 5.74) is 1.99. The van der Waals surface area contributed by atoms with E-state index in [0.29, 0.717) is 6.54 Å². The van der Waals surface area contributed by atoms with Crippen LogP contribution in [0.1, 0.15) is 0 Å². The zero-order valence-corrected chi connectivity index (χ0v) is 10.4. The van der Waals surface area contributed by atoms with Gasteiger partial charge in [-0.15, -0.1) is 0 Å². The molecule has 0 amide bonds. The molecular formula is C13H16N2O3. The maximum Gasteiger partial charge on any atom is 0.181 e. The predicted octanol–water partition coefficient (Wildman–Crippen LogP) is 2.37. The summed E-state index contributed by atoms with van der Waals surface area (Å²) in [6.45, 7) is 0.592. The topological polar surface area (TPSA) is 56.5 Å². The summed E-state index contributed by atoms with van der Waals surface area (Å²) in [5, 5.41) is 3.22. The van der Waals surface area contributed by atoms with Gasteiger partial charge < -0.3 is 19.2 Å². The number of ether oxygens (including phenoxy) is 2. The summed E-state index contributed by atoms with van der Waals surface area (Å²) in [5.74, 6) is 0.758. The van der Waals surface area contributed by atoms with Crippen molar-refractivity contribution in [3.05, 3.63) is 36.9 Å². The van der Waals surface area contributed by atoms with E-state index in [9.17, 15) is 0 Å². The molecule has 0 spiro atoms. The van der Waals surface area contributed by atoms with Gasteiger partial charge in [0.25, 0.3) is 0 Å². The molecule has 96 valence electrons. The fourth-order valence-corrected chi connectivity index (χ4v) is 1.57. The number of rotatable bonds is 6. The van der Waals surface area contributed by atoms with E-state index in [1.54, 1.807) is 20.4 Å². The lowest BCUT2D eigenvalue weighted by Gasteiger charge is -2.14. The lowest BCUT2D eigenvalue weighted by molar-refractivity contribution is -0.0914. The molecule has 1 aromatic carbocycles. The van der Waals surface area contributed by atoms with E-state index in [1.165, 1.54) is 6.39 Å². The SMILES string of the molecule is COC(CNc1ccc(-c2cnco2)cc1)OC. The third-order valence-corrected chi connectivity index (χ3v) is 2.60. The van der Waals surface area contributed by atoms with Crippen molar-refractivity contribution < 1.29 is 13.9 Å². The van der Waals surface area contributed by atoms with Crippen LogP contribution in [0.4, 0.5) is 5.69 Å². The Morgan fingerprint density at radius 1 is 1.22 bits per heavy atom. The smallest absolute Gasteiger partial charge is 0.181 e. The first-order valence-corrected chi connectivity index (χ1v) is 5.62. The summed E-state index contributed by atoms with van der Waals surface area (Å²) in [6, 6.07) is 7.88. The molecule has 0 saturated heterocycles. The molecule has 5 nitrogen and oxygen atoms in total. The normalized spacial score (nSPS) is 10.8. The van der Waals surface area contributed by atoms with Gasteiger partial charge in [0.15, 0.2) is 18.4 Å². The van der Waals surface area contributed by atoms with Crippen molar-refractivity contribution in [1.82, 2.24) is 4.98 Å². The number of methoxy groups -OCH3 is 2. The Kier molecular flexibility index (Phi) is 4.33. The number of oxazole rings is 1. The highest BCUT2D eigenvalue weighted by Crippen LogP contribution is 2.20. The molecule has 0 aliphatic rings. The number of aromatic nitrogens is 1. The van der Waals surface area contributed by atoms with E-state index < -0.39 is 0 Å². The molecule has 18 heavy (non-hydrogen) atoms. The van der Waals surface area contributed by atoms with Crippen LogP contribution in [0.5, 0.6) is 0 Å². The van der Waals surface area contributed by atoms with Gasteiger partial charge in [0, 0.05) is 25.5 Å². The second kappa shape index (κ2) is 6.18. The summed E-state index contributed by atoms with van der Waals surface area (Å²) in [4.78, 5) is 3.89. The van der Waals surface area contributed by atoms with Gasteiger partial charge in [-0.1, -0.05) is 0 Å². The molecule has 0 bridgehead atoms. The zero-order valence-electron chi connectivity index (χ0n) is 10.4. The molecular weight excluding hydrogens is 232 g/mol. The van der Waals surface area contributed by atoms with E-state index in [2.05, 4.69) is 10.3 Å². The first kappa shape index (κ1) is 12.6. The molecule has 1 aromatic heterocycles. The Morgan fingerprint density at radius 3 is 2.50 bits per heavy atom. The molecule has 0 aliphatic heterocycles. The van der Waals surface area contributed by atoms with Gasteiger partial charge in [-0.05, 0) is 24.3 Å². The Hall–Kier alpha value is -1.85. The molecule has 0 unspecified atom stereocenters. The Morgan fingerprint density at radius 2 is 1.94 bits per heavy atom. The van der Waals surface area contributed by atoms with Crippen LogP contribution in [0.15, 0.2) is 41.3 Å². The van der Waals surface area contributed by atoms with E-state index in [0.717, 1.165) is 17.0 Å². The molecule has 1 heterocycles. The minimum Gasteiger partial charge on any atom is -0.444 e. The average molecular weight is 248 g/mol. The summed E-state index contributed by atoms with van der Waals surface area (Å²) < 4.78 is 15.4. The number of anilines is 1. The van der Waals surface area contributed by atoms with Crippen molar-refractivity contribution in [2.24, 2.45) is 0 Å². The number of hydrogen-bond donors (Lipinski definition) is 1. The van der Waals surface area contributed by atoms with Crippen molar-refractivity contribution in [3.63, 3.8) is 0 Å². The number of nitrogens with zero attached hydrogens (tertiary/aromatic N) is 1. The molecule has 0 fully saturated rings. The van der Waals surface area contributed by atoms with Gasteiger partial charge in [-0.2, -0.15) is 0 Å². The van der Waals surface area contributed by atoms with E-state index >= 15 is 0 Å². The molecule has 5 heteroatoms. The van der Waals surface area contributed by atoms with E-state index in [1.807, 2.05) is 24.3 Å². The highest BCUT2D eigenvalue weighted by molar-refractivity contribution is 5.60. The van der Waals surface area contributed by atoms with Crippen LogP contribution in [0.25, 0.3) is 11.3 Å². The fourth-order valence-electron chi connectivity index (χ4n) is 1.57. The largest absolute Gasteiger partial charge is 0.444 e. The molecule has 2 rings (SSSR count). The lowest BCUT2D eigenvalue weighted by atomic mass is 10.2. The molecule has 0 atom stereocenters. The molecule has 0 aliphatic carbocycles. The van der Waals surface area contributed by atoms with Gasteiger partial charge in [-0.25, -0.2) is 4.98 Å². The lowest BCUT2D eigenvalue weighted by Crippen LogP contribution is -2.23. The Bertz CT molecular complexity index is 450. The molecule has 0 radical (unpaired) electrons. The molecule has 2 aromatic rings. The summed E-state index contributed by atoms with van der Waals surface area (Å²) >= 11 is 0. The third-order valence-electron chi connectivity index (χ3n) is 2.60. The third kappa shape index (κ3) is 3.09. The number of nitrogens with one attached hydrogen (secondary N) is 1. The van der Waals surface area contributed by atoms with Crippen LogP contribution in [0, 0.1) is 0 Å². The number of benzene rings is 1. The maximum absolute atomic E-state index is 5.22. The van der Waals surface area contributed by atoms with Gasteiger partial charge in [0.05, 0.1) is 12.7 Å². The average Bonchev–Trinajstić information content (AvgIpc) is 2.94. The fraction of sp³-hybridized carbons (Fsp3) is 0.308. The van der Waals surface area contributed by atoms with Gasteiger partial charge in [0.2, 0.25) is 0 Å². The standard InChI is InChI=1S/C13H16N2O3/c1-16-13(17-2)8-15-11-5-3-10(4-6-11)12-7-14-9-18-12/h3-7,9,13,15H,8H2,1-2H3. The van der Waals surface area contributed by atoms with Crippen LogP contribution in [-0.4, -0.2) is 32.0 Å². The van der Waals surface area contributed by atoms with E-state index in [4.69, 9.17) is 13.9 Å². The predicted molar refractivity (Wildman–Crippen MR) is 68.2 cm³/mol. The van der Waals surface area contributed by atoms with Gasteiger partial charge in [-0.3, -0.25) is 0 Å². The van der Waals surface area contributed by atoms with Crippen LogP contribution < -0.4 is 5.32 Å². The summed E-state index contributed by atoms with van der Waals surface area (Å²) in [7, 11) is 3.23. The first-order chi connectivity index (χ1) is 8.83. The van der Waals surface area contributed by atoms with Crippen LogP contribution in [0.3, 0.4) is 0 Å². The van der Waals surface area contributed by atoms with Crippen LogP contribution >= 0.6 is 0 Å². The second-order valence-electron chi connectivity index (χ2n) is 3.72. The maximum atomic E-state index is 5.22.